The Kier molecular flexibility index (Phi) is 9.50. The van der Waals surface area contributed by atoms with E-state index in [4.69, 9.17) is 9.73 Å². The van der Waals surface area contributed by atoms with Gasteiger partial charge in [0.15, 0.2) is 0 Å². The predicted octanol–water partition coefficient (Wildman–Crippen LogP) is 7.18. The van der Waals surface area contributed by atoms with Gasteiger partial charge in [-0.15, -0.1) is 11.5 Å². The first kappa shape index (κ1) is 23.7. The number of hydrogen-bond donors (Lipinski definition) is 0. The van der Waals surface area contributed by atoms with Crippen molar-refractivity contribution in [3.8, 4) is 11.5 Å². The molecule has 160 valence electrons. The van der Waals surface area contributed by atoms with Crippen LogP contribution in [0.5, 0.6) is 0 Å². The van der Waals surface area contributed by atoms with Gasteiger partial charge in [-0.3, -0.25) is 0 Å². The van der Waals surface area contributed by atoms with Crippen molar-refractivity contribution in [1.29, 1.82) is 0 Å². The summed E-state index contributed by atoms with van der Waals surface area (Å²) in [5.74, 6) is 4.22. The molecule has 29 heavy (non-hydrogen) atoms. The third-order valence-corrected chi connectivity index (χ3v) is 6.10. The molecule has 2 nitrogen and oxygen atoms in total. The molecular formula is C26H41NOSi. The molecule has 0 spiro atoms. The van der Waals surface area contributed by atoms with Crippen molar-refractivity contribution >= 4 is 14.0 Å². The van der Waals surface area contributed by atoms with Crippen LogP contribution in [0, 0.1) is 11.5 Å². The largest absolute Gasteiger partial charge is 0.475 e. The van der Waals surface area contributed by atoms with E-state index in [-0.39, 0.29) is 5.54 Å². The summed E-state index contributed by atoms with van der Waals surface area (Å²) in [5, 5.41) is 0. The Balaban J connectivity index is 1.57. The number of aryl methyl sites for hydroxylation is 1. The van der Waals surface area contributed by atoms with Crippen LogP contribution in [0.3, 0.4) is 0 Å². The second kappa shape index (κ2) is 11.6. The van der Waals surface area contributed by atoms with Crippen molar-refractivity contribution in [2.24, 2.45) is 4.99 Å². The standard InChI is InChI=1S/C26H41NOSi/c1-26(2)22-28-25(27-26)24-20-16-15-19-23(24)18-14-12-10-8-6-7-9-11-13-17-21-29(3,4)5/h15-16,19-20H,6-14,18,22H2,1-5H3. The Morgan fingerprint density at radius 3 is 2.17 bits per heavy atom. The molecule has 3 heteroatoms. The van der Waals surface area contributed by atoms with Crippen molar-refractivity contribution < 1.29 is 4.74 Å². The molecule has 2 rings (SSSR count). The number of aliphatic imine (C=N–C) groups is 1. The Labute approximate surface area is 180 Å². The quantitative estimate of drug-likeness (QED) is 0.215. The van der Waals surface area contributed by atoms with E-state index in [1.54, 1.807) is 0 Å². The molecule has 0 fully saturated rings. The third kappa shape index (κ3) is 9.68. The molecule has 0 saturated carbocycles. The Hall–Kier alpha value is -1.53. The van der Waals surface area contributed by atoms with Crippen LogP contribution in [0.4, 0.5) is 0 Å². The number of unbranched alkanes of at least 4 members (excludes halogenated alkanes) is 8. The summed E-state index contributed by atoms with van der Waals surface area (Å²) >= 11 is 0. The number of benzene rings is 1. The lowest BCUT2D eigenvalue weighted by molar-refractivity contribution is 0.279. The summed E-state index contributed by atoms with van der Waals surface area (Å²) in [4.78, 5) is 4.76. The van der Waals surface area contributed by atoms with Crippen LogP contribution >= 0.6 is 0 Å². The normalized spacial score (nSPS) is 15.4. The van der Waals surface area contributed by atoms with Gasteiger partial charge in [-0.2, -0.15) is 0 Å². The van der Waals surface area contributed by atoms with Crippen molar-refractivity contribution in [2.45, 2.75) is 103 Å². The molecule has 0 saturated heterocycles. The van der Waals surface area contributed by atoms with E-state index in [0.717, 1.165) is 18.7 Å². The first-order valence-corrected chi connectivity index (χ1v) is 15.1. The van der Waals surface area contributed by atoms with E-state index >= 15 is 0 Å². The number of rotatable bonds is 11. The molecule has 0 N–H and O–H groups in total. The van der Waals surface area contributed by atoms with Gasteiger partial charge in [0.2, 0.25) is 5.90 Å². The van der Waals surface area contributed by atoms with E-state index < -0.39 is 8.07 Å². The Morgan fingerprint density at radius 2 is 1.55 bits per heavy atom. The van der Waals surface area contributed by atoms with Gasteiger partial charge in [0.05, 0.1) is 5.54 Å². The monoisotopic (exact) mass is 411 g/mol. The fourth-order valence-electron chi connectivity index (χ4n) is 3.59. The number of nitrogens with zero attached hydrogens (tertiary/aromatic N) is 1. The highest BCUT2D eigenvalue weighted by Gasteiger charge is 2.27. The highest BCUT2D eigenvalue weighted by Crippen LogP contribution is 2.23. The SMILES string of the molecule is CC1(C)COC(c2ccccc2CCCCCCCCCCC#C[Si](C)(C)C)=N1. The van der Waals surface area contributed by atoms with Gasteiger partial charge in [-0.05, 0) is 44.7 Å². The summed E-state index contributed by atoms with van der Waals surface area (Å²) in [6, 6.07) is 8.61. The highest BCUT2D eigenvalue weighted by atomic mass is 28.3. The molecular weight excluding hydrogens is 370 g/mol. The summed E-state index contributed by atoms with van der Waals surface area (Å²) < 4.78 is 5.86. The molecule has 1 heterocycles. The van der Waals surface area contributed by atoms with E-state index in [1.165, 1.54) is 62.5 Å². The average Bonchev–Trinajstić information content (AvgIpc) is 3.01. The second-order valence-corrected chi connectivity index (χ2v) is 14.8. The van der Waals surface area contributed by atoms with E-state index in [2.05, 4.69) is 69.2 Å². The van der Waals surface area contributed by atoms with Gasteiger partial charge >= 0.3 is 0 Å². The molecule has 1 aliphatic heterocycles. The zero-order chi connectivity index (χ0) is 21.2. The fraction of sp³-hybridized carbons (Fsp3) is 0.654. The van der Waals surface area contributed by atoms with Crippen molar-refractivity contribution in [3.63, 3.8) is 0 Å². The van der Waals surface area contributed by atoms with Crippen LogP contribution in [0.1, 0.15) is 82.8 Å². The molecule has 0 aliphatic carbocycles. The maximum atomic E-state index is 5.86. The smallest absolute Gasteiger partial charge is 0.217 e. The highest BCUT2D eigenvalue weighted by molar-refractivity contribution is 6.83. The third-order valence-electron chi connectivity index (χ3n) is 5.18. The summed E-state index contributed by atoms with van der Waals surface area (Å²) in [6.45, 7) is 11.9. The number of ether oxygens (including phenoxy) is 1. The van der Waals surface area contributed by atoms with Gasteiger partial charge in [-0.25, -0.2) is 4.99 Å². The molecule has 0 aromatic heterocycles. The maximum Gasteiger partial charge on any atom is 0.217 e. The minimum absolute atomic E-state index is 0.0939. The van der Waals surface area contributed by atoms with Gasteiger partial charge in [-0.1, -0.05) is 76.4 Å². The second-order valence-electron chi connectivity index (χ2n) is 10.1. The lowest BCUT2D eigenvalue weighted by Crippen LogP contribution is -2.17. The molecule has 0 atom stereocenters. The minimum Gasteiger partial charge on any atom is -0.475 e. The zero-order valence-electron chi connectivity index (χ0n) is 19.4. The maximum absolute atomic E-state index is 5.86. The predicted molar refractivity (Wildman–Crippen MR) is 129 cm³/mol. The molecule has 1 aromatic carbocycles. The first-order valence-electron chi connectivity index (χ1n) is 11.6. The van der Waals surface area contributed by atoms with Crippen LogP contribution in [-0.4, -0.2) is 26.1 Å². The van der Waals surface area contributed by atoms with Crippen molar-refractivity contribution in [2.75, 3.05) is 6.61 Å². The molecule has 0 bridgehead atoms. The average molecular weight is 412 g/mol. The van der Waals surface area contributed by atoms with Crippen LogP contribution in [0.15, 0.2) is 29.3 Å². The molecule has 0 unspecified atom stereocenters. The van der Waals surface area contributed by atoms with E-state index in [9.17, 15) is 0 Å². The van der Waals surface area contributed by atoms with Gasteiger partial charge in [0.1, 0.15) is 14.7 Å². The van der Waals surface area contributed by atoms with Gasteiger partial charge in [0.25, 0.3) is 0 Å². The van der Waals surface area contributed by atoms with Crippen LogP contribution in [-0.2, 0) is 11.2 Å². The summed E-state index contributed by atoms with van der Waals surface area (Å²) in [7, 11) is -1.17. The van der Waals surface area contributed by atoms with Crippen LogP contribution in [0.25, 0.3) is 0 Å². The van der Waals surface area contributed by atoms with E-state index in [0.29, 0.717) is 6.61 Å². The summed E-state index contributed by atoms with van der Waals surface area (Å²) in [6.07, 6.45) is 12.8. The van der Waals surface area contributed by atoms with Crippen molar-refractivity contribution in [1.82, 2.24) is 0 Å². The van der Waals surface area contributed by atoms with Crippen LogP contribution < -0.4 is 0 Å². The van der Waals surface area contributed by atoms with Gasteiger partial charge in [0, 0.05) is 12.0 Å². The zero-order valence-corrected chi connectivity index (χ0v) is 20.4. The molecule has 1 aromatic rings. The van der Waals surface area contributed by atoms with Crippen molar-refractivity contribution in [3.05, 3.63) is 35.4 Å². The minimum atomic E-state index is -1.17. The lowest BCUT2D eigenvalue weighted by atomic mass is 10.00. The molecule has 0 amide bonds. The topological polar surface area (TPSA) is 21.6 Å². The van der Waals surface area contributed by atoms with E-state index in [1.807, 2.05) is 0 Å². The first-order chi connectivity index (χ1) is 13.8. The van der Waals surface area contributed by atoms with Crippen LogP contribution in [0.2, 0.25) is 19.6 Å². The fourth-order valence-corrected chi connectivity index (χ4v) is 4.24. The summed E-state index contributed by atoms with van der Waals surface area (Å²) in [5.41, 5.74) is 5.93. The van der Waals surface area contributed by atoms with Gasteiger partial charge < -0.3 is 4.74 Å². The lowest BCUT2D eigenvalue weighted by Gasteiger charge is -2.09. The molecule has 0 radical (unpaired) electrons. The number of hydrogen-bond acceptors (Lipinski definition) is 2. The molecule has 1 aliphatic rings. The Morgan fingerprint density at radius 1 is 0.931 bits per heavy atom. The Bertz CT molecular complexity index is 718.